The van der Waals surface area contributed by atoms with Crippen molar-refractivity contribution in [2.45, 2.75) is 37.6 Å². The molecule has 0 saturated carbocycles. The van der Waals surface area contributed by atoms with E-state index in [1.807, 2.05) is 6.92 Å². The summed E-state index contributed by atoms with van der Waals surface area (Å²) in [7, 11) is 0. The number of aliphatic hydroxyl groups is 1. The molecular formula is C8H12O2. The molecule has 1 fully saturated rings. The topological polar surface area (TPSA) is 29.5 Å². The molecule has 2 bridgehead atoms. The van der Waals surface area contributed by atoms with Crippen LogP contribution in [0.4, 0.5) is 0 Å². The molecule has 0 aromatic carbocycles. The van der Waals surface area contributed by atoms with Gasteiger partial charge >= 0.3 is 0 Å². The summed E-state index contributed by atoms with van der Waals surface area (Å²) in [6.07, 6.45) is 5.64. The fourth-order valence-electron chi connectivity index (χ4n) is 1.80. The van der Waals surface area contributed by atoms with E-state index in [1.54, 1.807) is 0 Å². The van der Waals surface area contributed by atoms with Crippen LogP contribution in [-0.2, 0) is 4.74 Å². The average molecular weight is 140 g/mol. The molecule has 0 spiro atoms. The predicted octanol–water partition coefficient (Wildman–Crippen LogP) is 0.855. The van der Waals surface area contributed by atoms with Crippen molar-refractivity contribution in [3.8, 4) is 0 Å². The highest BCUT2D eigenvalue weighted by atomic mass is 16.5. The van der Waals surface area contributed by atoms with Crippen LogP contribution < -0.4 is 0 Å². The highest BCUT2D eigenvalue weighted by Gasteiger charge is 2.38. The third-order valence-electron chi connectivity index (χ3n) is 2.23. The van der Waals surface area contributed by atoms with Gasteiger partial charge in [0, 0.05) is 12.8 Å². The first-order chi connectivity index (χ1) is 4.68. The second-order valence-corrected chi connectivity index (χ2v) is 3.42. The van der Waals surface area contributed by atoms with Crippen molar-refractivity contribution in [3.05, 3.63) is 12.2 Å². The lowest BCUT2D eigenvalue weighted by molar-refractivity contribution is -0.0944. The molecule has 2 nitrogen and oxygen atoms in total. The average Bonchev–Trinajstić information content (AvgIpc) is 2.06. The van der Waals surface area contributed by atoms with E-state index in [1.165, 1.54) is 0 Å². The van der Waals surface area contributed by atoms with Gasteiger partial charge in [0.15, 0.2) is 0 Å². The standard InChI is InChI=1S/C8H12O2/c1-8-3-2-7(10-8)4-6(9)5-8/h2-3,6-7,9H,4-5H2,1H3/t6-,7+,8-/m0/s1. The summed E-state index contributed by atoms with van der Waals surface area (Å²) in [5.41, 5.74) is -0.164. The molecule has 0 radical (unpaired) electrons. The highest BCUT2D eigenvalue weighted by molar-refractivity contribution is 5.13. The lowest BCUT2D eigenvalue weighted by Crippen LogP contribution is -2.37. The molecule has 56 valence electrons. The Morgan fingerprint density at radius 1 is 1.70 bits per heavy atom. The molecule has 2 aliphatic heterocycles. The quantitative estimate of drug-likeness (QED) is 0.505. The molecule has 0 aromatic rings. The largest absolute Gasteiger partial charge is 0.393 e. The maximum Gasteiger partial charge on any atom is 0.0868 e. The minimum atomic E-state index is -0.168. The maximum absolute atomic E-state index is 9.34. The van der Waals surface area contributed by atoms with Crippen LogP contribution in [0.5, 0.6) is 0 Å². The van der Waals surface area contributed by atoms with Gasteiger partial charge in [0.1, 0.15) is 0 Å². The third kappa shape index (κ3) is 0.879. The Bertz CT molecular complexity index is 176. The molecule has 3 atom stereocenters. The fourth-order valence-corrected chi connectivity index (χ4v) is 1.80. The van der Waals surface area contributed by atoms with Crippen LogP contribution in [-0.4, -0.2) is 22.9 Å². The van der Waals surface area contributed by atoms with Crippen LogP contribution in [0.1, 0.15) is 19.8 Å². The van der Waals surface area contributed by atoms with Crippen LogP contribution >= 0.6 is 0 Å². The van der Waals surface area contributed by atoms with Gasteiger partial charge in [-0.1, -0.05) is 12.2 Å². The second kappa shape index (κ2) is 1.83. The molecule has 0 amide bonds. The van der Waals surface area contributed by atoms with E-state index in [4.69, 9.17) is 4.74 Å². The molecular weight excluding hydrogens is 128 g/mol. The van der Waals surface area contributed by atoms with E-state index in [-0.39, 0.29) is 17.8 Å². The maximum atomic E-state index is 9.34. The summed E-state index contributed by atoms with van der Waals surface area (Å²) >= 11 is 0. The molecule has 0 aromatic heterocycles. The Hall–Kier alpha value is -0.340. The van der Waals surface area contributed by atoms with Crippen LogP contribution in [0.3, 0.4) is 0 Å². The van der Waals surface area contributed by atoms with Gasteiger partial charge in [-0.25, -0.2) is 0 Å². The lowest BCUT2D eigenvalue weighted by Gasteiger charge is -2.32. The predicted molar refractivity (Wildman–Crippen MR) is 37.7 cm³/mol. The summed E-state index contributed by atoms with van der Waals surface area (Å²) in [5, 5.41) is 9.34. The van der Waals surface area contributed by atoms with Gasteiger partial charge in [0.25, 0.3) is 0 Å². The second-order valence-electron chi connectivity index (χ2n) is 3.42. The first-order valence-corrected chi connectivity index (χ1v) is 3.73. The fraction of sp³-hybridized carbons (Fsp3) is 0.750. The van der Waals surface area contributed by atoms with Crippen LogP contribution in [0, 0.1) is 0 Å². The number of rotatable bonds is 0. The molecule has 2 heteroatoms. The smallest absolute Gasteiger partial charge is 0.0868 e. The Balaban J connectivity index is 2.19. The highest BCUT2D eigenvalue weighted by Crippen LogP contribution is 2.35. The van der Waals surface area contributed by atoms with E-state index in [2.05, 4.69) is 12.2 Å². The normalized spacial score (nSPS) is 51.8. The van der Waals surface area contributed by atoms with Crippen molar-refractivity contribution < 1.29 is 9.84 Å². The minimum absolute atomic E-state index is 0.164. The molecule has 10 heavy (non-hydrogen) atoms. The van der Waals surface area contributed by atoms with Gasteiger partial charge < -0.3 is 9.84 Å². The van der Waals surface area contributed by atoms with Crippen molar-refractivity contribution in [2.24, 2.45) is 0 Å². The van der Waals surface area contributed by atoms with Gasteiger partial charge in [-0.3, -0.25) is 0 Å². The van der Waals surface area contributed by atoms with Gasteiger partial charge in [-0.05, 0) is 6.92 Å². The Morgan fingerprint density at radius 2 is 2.50 bits per heavy atom. The summed E-state index contributed by atoms with van der Waals surface area (Å²) in [4.78, 5) is 0. The van der Waals surface area contributed by atoms with E-state index < -0.39 is 0 Å². The zero-order valence-corrected chi connectivity index (χ0v) is 6.08. The molecule has 0 aliphatic carbocycles. The monoisotopic (exact) mass is 140 g/mol. The summed E-state index contributed by atoms with van der Waals surface area (Å²) < 4.78 is 5.58. The van der Waals surface area contributed by atoms with E-state index in [0.717, 1.165) is 12.8 Å². The van der Waals surface area contributed by atoms with Crippen LogP contribution in [0.2, 0.25) is 0 Å². The molecule has 0 unspecified atom stereocenters. The molecule has 1 N–H and O–H groups in total. The van der Waals surface area contributed by atoms with Crippen molar-refractivity contribution in [1.29, 1.82) is 0 Å². The van der Waals surface area contributed by atoms with Gasteiger partial charge in [-0.15, -0.1) is 0 Å². The van der Waals surface area contributed by atoms with Crippen molar-refractivity contribution in [1.82, 2.24) is 0 Å². The van der Waals surface area contributed by atoms with Gasteiger partial charge in [-0.2, -0.15) is 0 Å². The number of aliphatic hydroxyl groups excluding tert-OH is 1. The lowest BCUT2D eigenvalue weighted by atomic mass is 9.96. The Morgan fingerprint density at radius 3 is 3.20 bits per heavy atom. The van der Waals surface area contributed by atoms with Crippen molar-refractivity contribution in [2.75, 3.05) is 0 Å². The van der Waals surface area contributed by atoms with Gasteiger partial charge in [0.2, 0.25) is 0 Å². The zero-order chi connectivity index (χ0) is 7.19. The van der Waals surface area contributed by atoms with Crippen LogP contribution in [0.25, 0.3) is 0 Å². The summed E-state index contributed by atoms with van der Waals surface area (Å²) in [5.74, 6) is 0. The van der Waals surface area contributed by atoms with E-state index in [9.17, 15) is 5.11 Å². The molecule has 1 saturated heterocycles. The van der Waals surface area contributed by atoms with Gasteiger partial charge in [0.05, 0.1) is 17.8 Å². The van der Waals surface area contributed by atoms with E-state index >= 15 is 0 Å². The first kappa shape index (κ1) is 6.38. The number of fused-ring (bicyclic) bond motifs is 2. The Labute approximate surface area is 60.5 Å². The molecule has 2 rings (SSSR count). The first-order valence-electron chi connectivity index (χ1n) is 3.73. The minimum Gasteiger partial charge on any atom is -0.393 e. The molecule has 2 aliphatic rings. The van der Waals surface area contributed by atoms with Crippen molar-refractivity contribution >= 4 is 0 Å². The zero-order valence-electron chi connectivity index (χ0n) is 6.08. The number of hydrogen-bond acceptors (Lipinski definition) is 2. The SMILES string of the molecule is C[C@]12C=C[C@H](C[C@H](O)C1)O2. The number of hydrogen-bond donors (Lipinski definition) is 1. The van der Waals surface area contributed by atoms with Crippen LogP contribution in [0.15, 0.2) is 12.2 Å². The summed E-state index contributed by atoms with van der Waals surface area (Å²) in [6, 6.07) is 0. The Kier molecular flexibility index (Phi) is 1.17. The van der Waals surface area contributed by atoms with Crippen molar-refractivity contribution in [3.63, 3.8) is 0 Å². The third-order valence-corrected chi connectivity index (χ3v) is 2.23. The number of ether oxygens (including phenoxy) is 1. The van der Waals surface area contributed by atoms with E-state index in [0.29, 0.717) is 0 Å². The molecule has 2 heterocycles. The summed E-state index contributed by atoms with van der Waals surface area (Å²) in [6.45, 7) is 2.02.